The second kappa shape index (κ2) is 5.75. The highest BCUT2D eigenvalue weighted by atomic mass is 16.3. The molecule has 3 unspecified atom stereocenters. The topological polar surface area (TPSA) is 23.5 Å². The maximum atomic E-state index is 9.31. The molecule has 0 spiro atoms. The maximum absolute atomic E-state index is 9.31. The van der Waals surface area contributed by atoms with E-state index in [1.165, 1.54) is 24.9 Å². The molecule has 1 fully saturated rings. The zero-order valence-corrected chi connectivity index (χ0v) is 11.8. The van der Waals surface area contributed by atoms with E-state index in [0.717, 1.165) is 12.3 Å². The van der Waals surface area contributed by atoms with Crippen LogP contribution in [0.5, 0.6) is 5.75 Å². The van der Waals surface area contributed by atoms with Gasteiger partial charge in [0.25, 0.3) is 0 Å². The predicted octanol–water partition coefficient (Wildman–Crippen LogP) is 3.44. The summed E-state index contributed by atoms with van der Waals surface area (Å²) in [4.78, 5) is 2.64. The van der Waals surface area contributed by atoms with Crippen LogP contribution < -0.4 is 0 Å². The van der Waals surface area contributed by atoms with Crippen LogP contribution in [0, 0.1) is 5.92 Å². The molecule has 2 nitrogen and oxygen atoms in total. The molecular formula is C16H25NO. The average molecular weight is 247 g/mol. The Morgan fingerprint density at radius 2 is 1.89 bits per heavy atom. The molecule has 0 bridgehead atoms. The molecule has 3 atom stereocenters. The van der Waals surface area contributed by atoms with Gasteiger partial charge in [-0.15, -0.1) is 0 Å². The molecule has 1 aliphatic heterocycles. The lowest BCUT2D eigenvalue weighted by Gasteiger charge is -2.41. The molecular weight excluding hydrogens is 222 g/mol. The lowest BCUT2D eigenvalue weighted by Crippen LogP contribution is -2.47. The Bertz CT molecular complexity index is 373. The number of rotatable bonds is 3. The minimum Gasteiger partial charge on any atom is -0.508 e. The smallest absolute Gasteiger partial charge is 0.115 e. The van der Waals surface area contributed by atoms with E-state index in [1.54, 1.807) is 12.1 Å². The largest absolute Gasteiger partial charge is 0.508 e. The van der Waals surface area contributed by atoms with Gasteiger partial charge in [0.1, 0.15) is 5.75 Å². The Hall–Kier alpha value is -1.02. The van der Waals surface area contributed by atoms with Crippen molar-refractivity contribution < 1.29 is 5.11 Å². The number of likely N-dealkylation sites (tertiary alicyclic amines) is 1. The number of phenols is 1. The summed E-state index contributed by atoms with van der Waals surface area (Å²) in [5.41, 5.74) is 1.31. The summed E-state index contributed by atoms with van der Waals surface area (Å²) in [7, 11) is 0. The first-order valence-corrected chi connectivity index (χ1v) is 7.10. The summed E-state index contributed by atoms with van der Waals surface area (Å²) in [6.07, 6.45) is 3.75. The van der Waals surface area contributed by atoms with Crippen LogP contribution in [0.3, 0.4) is 0 Å². The standard InChI is InChI=1S/C16H25NO/c1-12-4-5-13(2)17(11-12)14(3)10-15-6-8-16(18)9-7-15/h6-9,12-14,18H,4-5,10-11H2,1-3H3. The van der Waals surface area contributed by atoms with Gasteiger partial charge in [-0.05, 0) is 56.7 Å². The molecule has 0 saturated carbocycles. The third kappa shape index (κ3) is 3.26. The third-order valence-corrected chi connectivity index (χ3v) is 4.20. The van der Waals surface area contributed by atoms with Crippen LogP contribution in [-0.4, -0.2) is 28.6 Å². The van der Waals surface area contributed by atoms with Gasteiger partial charge in [-0.25, -0.2) is 0 Å². The lowest BCUT2D eigenvalue weighted by molar-refractivity contribution is 0.0846. The van der Waals surface area contributed by atoms with Crippen molar-refractivity contribution in [3.05, 3.63) is 29.8 Å². The minimum atomic E-state index is 0.353. The fourth-order valence-electron chi connectivity index (χ4n) is 3.03. The molecule has 100 valence electrons. The number of hydrogen-bond donors (Lipinski definition) is 1. The van der Waals surface area contributed by atoms with Crippen molar-refractivity contribution in [1.82, 2.24) is 4.90 Å². The molecule has 2 rings (SSSR count). The highest BCUT2D eigenvalue weighted by Gasteiger charge is 2.26. The molecule has 1 heterocycles. The molecule has 18 heavy (non-hydrogen) atoms. The van der Waals surface area contributed by atoms with E-state index in [0.29, 0.717) is 17.8 Å². The van der Waals surface area contributed by atoms with Gasteiger partial charge in [-0.3, -0.25) is 4.90 Å². The number of benzene rings is 1. The third-order valence-electron chi connectivity index (χ3n) is 4.20. The molecule has 0 radical (unpaired) electrons. The van der Waals surface area contributed by atoms with Gasteiger partial charge in [0.15, 0.2) is 0 Å². The first-order chi connectivity index (χ1) is 8.56. The van der Waals surface area contributed by atoms with E-state index in [-0.39, 0.29) is 0 Å². The van der Waals surface area contributed by atoms with Crippen molar-refractivity contribution >= 4 is 0 Å². The first kappa shape index (κ1) is 13.4. The Kier molecular flexibility index (Phi) is 4.28. The summed E-state index contributed by atoms with van der Waals surface area (Å²) in [6, 6.07) is 8.91. The van der Waals surface area contributed by atoms with Gasteiger partial charge < -0.3 is 5.11 Å². The summed E-state index contributed by atoms with van der Waals surface area (Å²) in [6.45, 7) is 8.24. The number of nitrogens with zero attached hydrogens (tertiary/aromatic N) is 1. The zero-order valence-electron chi connectivity index (χ0n) is 11.8. The zero-order chi connectivity index (χ0) is 13.1. The summed E-state index contributed by atoms with van der Waals surface area (Å²) >= 11 is 0. The fourth-order valence-corrected chi connectivity index (χ4v) is 3.03. The van der Waals surface area contributed by atoms with E-state index >= 15 is 0 Å². The molecule has 0 amide bonds. The molecule has 0 aliphatic carbocycles. The van der Waals surface area contributed by atoms with E-state index in [2.05, 4.69) is 25.7 Å². The maximum Gasteiger partial charge on any atom is 0.115 e. The number of hydrogen-bond acceptors (Lipinski definition) is 2. The van der Waals surface area contributed by atoms with E-state index in [1.807, 2.05) is 12.1 Å². The average Bonchev–Trinajstić information content (AvgIpc) is 2.35. The molecule has 2 heteroatoms. The number of piperidine rings is 1. The van der Waals surface area contributed by atoms with Crippen molar-refractivity contribution in [2.45, 2.75) is 52.1 Å². The van der Waals surface area contributed by atoms with Crippen LogP contribution in [0.25, 0.3) is 0 Å². The SMILES string of the molecule is CC1CCC(C)N(C(C)Cc2ccc(O)cc2)C1. The molecule has 1 aliphatic rings. The van der Waals surface area contributed by atoms with E-state index in [4.69, 9.17) is 0 Å². The van der Waals surface area contributed by atoms with Gasteiger partial charge in [0.05, 0.1) is 0 Å². The van der Waals surface area contributed by atoms with E-state index < -0.39 is 0 Å². The Morgan fingerprint density at radius 1 is 1.22 bits per heavy atom. The predicted molar refractivity (Wildman–Crippen MR) is 75.8 cm³/mol. The Morgan fingerprint density at radius 3 is 2.56 bits per heavy atom. The van der Waals surface area contributed by atoms with Crippen molar-refractivity contribution in [1.29, 1.82) is 0 Å². The van der Waals surface area contributed by atoms with Crippen LogP contribution in [0.15, 0.2) is 24.3 Å². The van der Waals surface area contributed by atoms with Crippen LogP contribution in [0.4, 0.5) is 0 Å². The molecule has 1 saturated heterocycles. The molecule has 1 aromatic carbocycles. The van der Waals surface area contributed by atoms with Gasteiger partial charge in [-0.2, -0.15) is 0 Å². The van der Waals surface area contributed by atoms with Crippen LogP contribution in [-0.2, 0) is 6.42 Å². The summed E-state index contributed by atoms with van der Waals surface area (Å²) in [5, 5.41) is 9.31. The molecule has 1 aromatic rings. The van der Waals surface area contributed by atoms with Crippen molar-refractivity contribution in [2.75, 3.05) is 6.54 Å². The summed E-state index contributed by atoms with van der Waals surface area (Å²) < 4.78 is 0. The fraction of sp³-hybridized carbons (Fsp3) is 0.625. The van der Waals surface area contributed by atoms with Gasteiger partial charge in [0, 0.05) is 18.6 Å². The second-order valence-electron chi connectivity index (χ2n) is 5.95. The molecule has 0 aromatic heterocycles. The van der Waals surface area contributed by atoms with Gasteiger partial charge in [0.2, 0.25) is 0 Å². The quantitative estimate of drug-likeness (QED) is 0.884. The van der Waals surface area contributed by atoms with Crippen molar-refractivity contribution in [2.24, 2.45) is 5.92 Å². The lowest BCUT2D eigenvalue weighted by atomic mass is 9.92. The van der Waals surface area contributed by atoms with Crippen molar-refractivity contribution in [3.8, 4) is 5.75 Å². The highest BCUT2D eigenvalue weighted by Crippen LogP contribution is 2.25. The van der Waals surface area contributed by atoms with Gasteiger partial charge >= 0.3 is 0 Å². The van der Waals surface area contributed by atoms with Crippen molar-refractivity contribution in [3.63, 3.8) is 0 Å². The molecule has 1 N–H and O–H groups in total. The number of aromatic hydroxyl groups is 1. The second-order valence-corrected chi connectivity index (χ2v) is 5.95. The first-order valence-electron chi connectivity index (χ1n) is 7.10. The summed E-state index contributed by atoms with van der Waals surface area (Å²) in [5.74, 6) is 1.18. The van der Waals surface area contributed by atoms with E-state index in [9.17, 15) is 5.11 Å². The monoisotopic (exact) mass is 247 g/mol. The van der Waals surface area contributed by atoms with Crippen LogP contribution in [0.1, 0.15) is 39.2 Å². The normalized spacial score (nSPS) is 27.1. The van der Waals surface area contributed by atoms with Crippen LogP contribution in [0.2, 0.25) is 0 Å². The minimum absolute atomic E-state index is 0.353. The number of phenolic OH excluding ortho intramolecular Hbond substituents is 1. The van der Waals surface area contributed by atoms with Crippen LogP contribution >= 0.6 is 0 Å². The van der Waals surface area contributed by atoms with Gasteiger partial charge in [-0.1, -0.05) is 19.1 Å². The Balaban J connectivity index is 1.98. The highest BCUT2D eigenvalue weighted by molar-refractivity contribution is 5.26. The Labute approximate surface area is 111 Å².